The number of aromatic nitrogens is 1. The smallest absolute Gasteiger partial charge is 0.326 e. The van der Waals surface area contributed by atoms with Gasteiger partial charge in [0.05, 0.1) is 27.4 Å². The molecule has 0 saturated heterocycles. The van der Waals surface area contributed by atoms with Crippen LogP contribution in [0.25, 0.3) is 10.2 Å². The average molecular weight is 389 g/mol. The molecule has 2 aromatic carbocycles. The van der Waals surface area contributed by atoms with Gasteiger partial charge in [0, 0.05) is 0 Å². The molecular weight excluding hydrogens is 372 g/mol. The summed E-state index contributed by atoms with van der Waals surface area (Å²) in [7, 11) is 0. The molecule has 0 fully saturated rings. The zero-order chi connectivity index (χ0) is 18.7. The normalized spacial score (nSPS) is 11.7. The Bertz CT molecular complexity index is 1050. The maximum atomic E-state index is 12.6. The van der Waals surface area contributed by atoms with Crippen LogP contribution in [0.15, 0.2) is 47.5 Å². The van der Waals surface area contributed by atoms with E-state index in [1.807, 2.05) is 25.1 Å². The van der Waals surface area contributed by atoms with Crippen LogP contribution in [0, 0.1) is 6.92 Å². The molecule has 0 atom stereocenters. The molecule has 1 heterocycles. The number of ether oxygens (including phenoxy) is 1. The molecule has 0 bridgehead atoms. The number of amides is 1. The fraction of sp³-hybridized carbons (Fsp3) is 0.211. The first-order valence-corrected chi connectivity index (χ1v) is 9.28. The van der Waals surface area contributed by atoms with E-state index in [1.54, 1.807) is 35.8 Å². The molecule has 0 aliphatic carbocycles. The number of nitrogens with zero attached hydrogens (tertiary/aromatic N) is 2. The van der Waals surface area contributed by atoms with E-state index in [0.717, 1.165) is 15.8 Å². The molecule has 1 amide bonds. The van der Waals surface area contributed by atoms with E-state index in [-0.39, 0.29) is 12.5 Å². The van der Waals surface area contributed by atoms with Crippen molar-refractivity contribution in [3.63, 3.8) is 0 Å². The first kappa shape index (κ1) is 18.4. The van der Waals surface area contributed by atoms with Gasteiger partial charge in [-0.2, -0.15) is 4.99 Å². The summed E-state index contributed by atoms with van der Waals surface area (Å²) in [6.45, 7) is 4.03. The van der Waals surface area contributed by atoms with Gasteiger partial charge >= 0.3 is 5.97 Å². The van der Waals surface area contributed by atoms with Crippen LogP contribution in [0.3, 0.4) is 0 Å². The minimum atomic E-state index is -0.448. The van der Waals surface area contributed by atoms with Crippen LogP contribution >= 0.6 is 22.9 Å². The van der Waals surface area contributed by atoms with Crippen molar-refractivity contribution in [3.05, 3.63) is 63.4 Å². The largest absolute Gasteiger partial charge is 0.465 e. The number of benzene rings is 2. The van der Waals surface area contributed by atoms with Crippen molar-refractivity contribution in [3.8, 4) is 0 Å². The van der Waals surface area contributed by atoms with E-state index in [0.29, 0.717) is 22.0 Å². The van der Waals surface area contributed by atoms with Gasteiger partial charge in [-0.25, -0.2) is 0 Å². The van der Waals surface area contributed by atoms with Crippen LogP contribution in [-0.4, -0.2) is 23.1 Å². The number of hydrogen-bond acceptors (Lipinski definition) is 4. The van der Waals surface area contributed by atoms with E-state index in [2.05, 4.69) is 4.99 Å². The summed E-state index contributed by atoms with van der Waals surface area (Å²) in [6, 6.07) is 12.6. The van der Waals surface area contributed by atoms with E-state index in [4.69, 9.17) is 16.3 Å². The van der Waals surface area contributed by atoms with Crippen molar-refractivity contribution in [1.82, 2.24) is 4.57 Å². The Labute approximate surface area is 159 Å². The summed E-state index contributed by atoms with van der Waals surface area (Å²) in [4.78, 5) is 29.2. The second kappa shape index (κ2) is 7.85. The maximum absolute atomic E-state index is 12.6. The third-order valence-corrected chi connectivity index (χ3v) is 5.10. The molecule has 0 N–H and O–H groups in total. The van der Waals surface area contributed by atoms with Gasteiger partial charge in [-0.1, -0.05) is 41.1 Å². The zero-order valence-electron chi connectivity index (χ0n) is 14.4. The Morgan fingerprint density at radius 1 is 1.23 bits per heavy atom. The Morgan fingerprint density at radius 2 is 2.00 bits per heavy atom. The summed E-state index contributed by atoms with van der Waals surface area (Å²) < 4.78 is 7.69. The molecule has 26 heavy (non-hydrogen) atoms. The molecule has 0 aliphatic rings. The van der Waals surface area contributed by atoms with E-state index < -0.39 is 5.91 Å². The van der Waals surface area contributed by atoms with E-state index in [1.165, 1.54) is 11.3 Å². The highest BCUT2D eigenvalue weighted by molar-refractivity contribution is 7.16. The zero-order valence-corrected chi connectivity index (χ0v) is 15.9. The van der Waals surface area contributed by atoms with Crippen molar-refractivity contribution in [1.29, 1.82) is 0 Å². The summed E-state index contributed by atoms with van der Waals surface area (Å²) in [6.07, 6.45) is 0. The number of thiazole rings is 1. The second-order valence-electron chi connectivity index (χ2n) is 5.64. The molecular formula is C19H17ClN2O3S. The number of aryl methyl sites for hydroxylation is 1. The van der Waals surface area contributed by atoms with Crippen molar-refractivity contribution >= 4 is 45.0 Å². The molecule has 5 nitrogen and oxygen atoms in total. The Morgan fingerprint density at radius 3 is 2.73 bits per heavy atom. The van der Waals surface area contributed by atoms with Crippen LogP contribution in [-0.2, 0) is 16.1 Å². The molecule has 3 aromatic rings. The molecule has 1 aromatic heterocycles. The molecule has 0 radical (unpaired) electrons. The van der Waals surface area contributed by atoms with Gasteiger partial charge in [-0.15, -0.1) is 0 Å². The Hall–Kier alpha value is -2.44. The molecule has 3 rings (SSSR count). The molecule has 7 heteroatoms. The van der Waals surface area contributed by atoms with Gasteiger partial charge in [0.2, 0.25) is 0 Å². The summed E-state index contributed by atoms with van der Waals surface area (Å²) in [5.74, 6) is -0.823. The van der Waals surface area contributed by atoms with Crippen LogP contribution in [0.2, 0.25) is 5.02 Å². The summed E-state index contributed by atoms with van der Waals surface area (Å²) in [5.41, 5.74) is 2.25. The maximum Gasteiger partial charge on any atom is 0.326 e. The standard InChI is InChI=1S/C19H17ClN2O3S/c1-3-25-17(23)11-22-15-9-8-12(2)10-16(15)26-19(22)21-18(24)13-6-4-5-7-14(13)20/h4-10H,3,11H2,1-2H3. The number of carbonyl (C=O) groups is 2. The molecule has 0 aliphatic heterocycles. The lowest BCUT2D eigenvalue weighted by atomic mass is 10.2. The van der Waals surface area contributed by atoms with Gasteiger partial charge in [0.15, 0.2) is 4.80 Å². The lowest BCUT2D eigenvalue weighted by molar-refractivity contribution is -0.143. The number of carbonyl (C=O) groups excluding carboxylic acids is 2. The quantitative estimate of drug-likeness (QED) is 0.635. The Kier molecular flexibility index (Phi) is 5.54. The molecule has 0 saturated carbocycles. The first-order valence-electron chi connectivity index (χ1n) is 8.08. The summed E-state index contributed by atoms with van der Waals surface area (Å²) in [5, 5.41) is 0.343. The van der Waals surface area contributed by atoms with Crippen molar-refractivity contribution in [2.45, 2.75) is 20.4 Å². The highest BCUT2D eigenvalue weighted by Crippen LogP contribution is 2.20. The Balaban J connectivity index is 2.13. The van der Waals surface area contributed by atoms with Gasteiger partial charge in [-0.05, 0) is 43.7 Å². The van der Waals surface area contributed by atoms with E-state index >= 15 is 0 Å². The second-order valence-corrected chi connectivity index (χ2v) is 7.06. The SMILES string of the molecule is CCOC(=O)Cn1c(=NC(=O)c2ccccc2Cl)sc2cc(C)ccc21. The van der Waals surface area contributed by atoms with Gasteiger partial charge < -0.3 is 9.30 Å². The number of rotatable bonds is 4. The number of esters is 1. The predicted molar refractivity (Wildman–Crippen MR) is 103 cm³/mol. The third kappa shape index (κ3) is 3.86. The number of fused-ring (bicyclic) bond motifs is 1. The lowest BCUT2D eigenvalue weighted by Gasteiger charge is -2.05. The molecule has 134 valence electrons. The highest BCUT2D eigenvalue weighted by atomic mass is 35.5. The minimum Gasteiger partial charge on any atom is -0.465 e. The van der Waals surface area contributed by atoms with E-state index in [9.17, 15) is 9.59 Å². The highest BCUT2D eigenvalue weighted by Gasteiger charge is 2.14. The topological polar surface area (TPSA) is 60.7 Å². The lowest BCUT2D eigenvalue weighted by Crippen LogP contribution is -2.23. The van der Waals surface area contributed by atoms with Crippen molar-refractivity contribution in [2.75, 3.05) is 6.61 Å². The minimum absolute atomic E-state index is 0.00840. The third-order valence-electron chi connectivity index (χ3n) is 3.73. The monoisotopic (exact) mass is 388 g/mol. The fourth-order valence-corrected chi connectivity index (χ4v) is 3.88. The number of halogens is 1. The van der Waals surface area contributed by atoms with Gasteiger partial charge in [0.25, 0.3) is 5.91 Å². The first-order chi connectivity index (χ1) is 12.5. The van der Waals surface area contributed by atoms with Crippen LogP contribution in [0.4, 0.5) is 0 Å². The molecule has 0 spiro atoms. The van der Waals surface area contributed by atoms with Crippen LogP contribution in [0.1, 0.15) is 22.8 Å². The van der Waals surface area contributed by atoms with Crippen LogP contribution < -0.4 is 4.80 Å². The van der Waals surface area contributed by atoms with Crippen molar-refractivity contribution in [2.24, 2.45) is 4.99 Å². The average Bonchev–Trinajstić information content (AvgIpc) is 2.91. The summed E-state index contributed by atoms with van der Waals surface area (Å²) >= 11 is 7.44. The van der Waals surface area contributed by atoms with Crippen molar-refractivity contribution < 1.29 is 14.3 Å². The van der Waals surface area contributed by atoms with Crippen LogP contribution in [0.5, 0.6) is 0 Å². The molecule has 0 unspecified atom stereocenters. The predicted octanol–water partition coefficient (Wildman–Crippen LogP) is 3.97. The fourth-order valence-electron chi connectivity index (χ4n) is 2.54. The van der Waals surface area contributed by atoms with Gasteiger partial charge in [0.1, 0.15) is 6.54 Å². The number of hydrogen-bond donors (Lipinski definition) is 0. The van der Waals surface area contributed by atoms with Gasteiger partial charge in [-0.3, -0.25) is 9.59 Å².